The SMILES string of the molecule is CN(C)CCCn1cc(NC(=O)c2ccc(Cl)cc2F)cc1C(=O)Nc1cc(-c2nc3cncnc3[nH]2)n(C)c1. The van der Waals surface area contributed by atoms with Gasteiger partial charge < -0.3 is 29.7 Å². The van der Waals surface area contributed by atoms with Gasteiger partial charge in [-0.15, -0.1) is 0 Å². The Morgan fingerprint density at radius 3 is 2.62 bits per heavy atom. The topological polar surface area (TPSA) is 126 Å². The van der Waals surface area contributed by atoms with Crippen molar-refractivity contribution in [1.82, 2.24) is 34.0 Å². The highest BCUT2D eigenvalue weighted by Gasteiger charge is 2.19. The molecule has 0 bridgehead atoms. The molecule has 11 nitrogen and oxygen atoms in total. The highest BCUT2D eigenvalue weighted by atomic mass is 35.5. The van der Waals surface area contributed by atoms with E-state index in [1.807, 2.05) is 30.6 Å². The fraction of sp³-hybridized carbons (Fsp3) is 0.222. The number of fused-ring (bicyclic) bond motifs is 1. The largest absolute Gasteiger partial charge is 0.346 e. The Kier molecular flexibility index (Phi) is 7.63. The minimum Gasteiger partial charge on any atom is -0.346 e. The number of H-pyrrole nitrogens is 1. The van der Waals surface area contributed by atoms with E-state index in [1.54, 1.807) is 35.3 Å². The number of aromatic amines is 1. The number of imidazole rings is 1. The molecule has 4 heterocycles. The summed E-state index contributed by atoms with van der Waals surface area (Å²) >= 11 is 5.81. The summed E-state index contributed by atoms with van der Waals surface area (Å²) in [5, 5.41) is 5.80. The summed E-state index contributed by atoms with van der Waals surface area (Å²) in [6.45, 7) is 1.34. The number of benzene rings is 1. The minimum atomic E-state index is -0.732. The third kappa shape index (κ3) is 5.87. The van der Waals surface area contributed by atoms with Crippen molar-refractivity contribution in [2.45, 2.75) is 13.0 Å². The summed E-state index contributed by atoms with van der Waals surface area (Å²) in [4.78, 5) is 44.0. The summed E-state index contributed by atoms with van der Waals surface area (Å²) in [5.41, 5.74) is 3.11. The van der Waals surface area contributed by atoms with Crippen molar-refractivity contribution in [2.75, 3.05) is 31.3 Å². The normalized spacial score (nSPS) is 11.3. The molecule has 0 fully saturated rings. The Labute approximate surface area is 234 Å². The molecule has 40 heavy (non-hydrogen) atoms. The predicted octanol–water partition coefficient (Wildman–Crippen LogP) is 4.41. The lowest BCUT2D eigenvalue weighted by atomic mass is 10.2. The van der Waals surface area contributed by atoms with E-state index < -0.39 is 11.7 Å². The molecule has 5 aromatic rings. The molecule has 0 aliphatic rings. The van der Waals surface area contributed by atoms with E-state index in [2.05, 4.69) is 30.6 Å². The van der Waals surface area contributed by atoms with E-state index >= 15 is 0 Å². The number of carbonyl (C=O) groups excluding carboxylic acids is 2. The maximum Gasteiger partial charge on any atom is 0.272 e. The molecule has 0 atom stereocenters. The van der Waals surface area contributed by atoms with Crippen LogP contribution in [0.5, 0.6) is 0 Å². The molecule has 5 rings (SSSR count). The van der Waals surface area contributed by atoms with Crippen LogP contribution in [0, 0.1) is 5.82 Å². The number of anilines is 2. The van der Waals surface area contributed by atoms with Crippen molar-refractivity contribution < 1.29 is 14.0 Å². The van der Waals surface area contributed by atoms with Crippen LogP contribution >= 0.6 is 11.6 Å². The maximum absolute atomic E-state index is 14.3. The molecule has 0 radical (unpaired) electrons. The number of nitrogens with one attached hydrogen (secondary N) is 3. The maximum atomic E-state index is 14.3. The smallest absolute Gasteiger partial charge is 0.272 e. The summed E-state index contributed by atoms with van der Waals surface area (Å²) in [5.74, 6) is -1.15. The number of nitrogens with zero attached hydrogens (tertiary/aromatic N) is 6. The summed E-state index contributed by atoms with van der Waals surface area (Å²) < 4.78 is 17.9. The van der Waals surface area contributed by atoms with Crippen molar-refractivity contribution in [3.05, 3.63) is 77.3 Å². The average molecular weight is 564 g/mol. The number of hydrogen-bond acceptors (Lipinski definition) is 6. The van der Waals surface area contributed by atoms with Crippen LogP contribution in [0.4, 0.5) is 15.8 Å². The van der Waals surface area contributed by atoms with E-state index in [0.717, 1.165) is 24.7 Å². The molecule has 0 saturated carbocycles. The number of amides is 2. The van der Waals surface area contributed by atoms with Crippen LogP contribution in [0.1, 0.15) is 27.3 Å². The van der Waals surface area contributed by atoms with Gasteiger partial charge in [0, 0.05) is 31.0 Å². The van der Waals surface area contributed by atoms with E-state index in [4.69, 9.17) is 11.6 Å². The molecule has 13 heteroatoms. The molecule has 0 spiro atoms. The van der Waals surface area contributed by atoms with E-state index in [-0.39, 0.29) is 16.5 Å². The minimum absolute atomic E-state index is 0.149. The van der Waals surface area contributed by atoms with Crippen LogP contribution in [0.25, 0.3) is 22.7 Å². The average Bonchev–Trinajstić information content (AvgIpc) is 3.60. The summed E-state index contributed by atoms with van der Waals surface area (Å²) in [7, 11) is 5.78. The Bertz CT molecular complexity index is 1670. The predicted molar refractivity (Wildman–Crippen MR) is 151 cm³/mol. The lowest BCUT2D eigenvalue weighted by molar-refractivity contribution is 0.101. The number of aryl methyl sites for hydroxylation is 2. The van der Waals surface area contributed by atoms with Gasteiger partial charge >= 0.3 is 0 Å². The van der Waals surface area contributed by atoms with Crippen LogP contribution in [-0.2, 0) is 13.6 Å². The van der Waals surface area contributed by atoms with E-state index in [9.17, 15) is 14.0 Å². The molecule has 0 aliphatic carbocycles. The lowest BCUT2D eigenvalue weighted by Crippen LogP contribution is -2.19. The molecule has 2 amide bonds. The van der Waals surface area contributed by atoms with Gasteiger partial charge in [0.15, 0.2) is 11.5 Å². The second-order valence-electron chi connectivity index (χ2n) is 9.56. The van der Waals surface area contributed by atoms with Crippen LogP contribution in [0.15, 0.2) is 55.2 Å². The fourth-order valence-corrected chi connectivity index (χ4v) is 4.49. The molecule has 4 aromatic heterocycles. The zero-order valence-electron chi connectivity index (χ0n) is 22.1. The summed E-state index contributed by atoms with van der Waals surface area (Å²) in [6, 6.07) is 7.20. The van der Waals surface area contributed by atoms with Crippen molar-refractivity contribution in [3.8, 4) is 11.5 Å². The Morgan fingerprint density at radius 2 is 1.88 bits per heavy atom. The number of aromatic nitrogens is 6. The second kappa shape index (κ2) is 11.3. The van der Waals surface area contributed by atoms with Crippen LogP contribution in [-0.4, -0.2) is 66.4 Å². The van der Waals surface area contributed by atoms with Gasteiger partial charge in [-0.3, -0.25) is 9.59 Å². The zero-order valence-corrected chi connectivity index (χ0v) is 22.8. The molecular weight excluding hydrogens is 537 g/mol. The lowest BCUT2D eigenvalue weighted by Gasteiger charge is -2.12. The third-order valence-electron chi connectivity index (χ3n) is 6.23. The van der Waals surface area contributed by atoms with E-state index in [1.165, 1.54) is 18.5 Å². The first-order valence-corrected chi connectivity index (χ1v) is 12.8. The molecule has 0 saturated heterocycles. The van der Waals surface area contributed by atoms with Gasteiger partial charge in [-0.1, -0.05) is 11.6 Å². The first-order valence-electron chi connectivity index (χ1n) is 12.4. The zero-order chi connectivity index (χ0) is 28.4. The molecule has 1 aromatic carbocycles. The van der Waals surface area contributed by atoms with Gasteiger partial charge in [-0.2, -0.15) is 0 Å². The summed E-state index contributed by atoms with van der Waals surface area (Å²) in [6.07, 6.45) is 7.28. The fourth-order valence-electron chi connectivity index (χ4n) is 4.33. The standard InChI is InChI=1S/C27H27ClFN9O2/c1-36(2)7-4-8-38-14-18(32-26(39)19-6-5-16(28)9-20(19)29)11-23(38)27(40)33-17-10-22(37(3)13-17)25-34-21-12-30-15-31-24(21)35-25/h5-6,9-15H,4,7-8H2,1-3H3,(H,32,39)(H,33,40)(H,30,31,34,35). The Balaban J connectivity index is 1.37. The Morgan fingerprint density at radius 1 is 1.10 bits per heavy atom. The van der Waals surface area contributed by atoms with Gasteiger partial charge in [0.05, 0.1) is 28.8 Å². The van der Waals surface area contributed by atoms with E-state index in [0.29, 0.717) is 40.6 Å². The molecule has 206 valence electrons. The van der Waals surface area contributed by atoms with Crippen molar-refractivity contribution in [1.29, 1.82) is 0 Å². The molecule has 0 unspecified atom stereocenters. The van der Waals surface area contributed by atoms with Gasteiger partial charge in [-0.25, -0.2) is 19.3 Å². The molecular formula is C27H27ClFN9O2. The number of hydrogen-bond donors (Lipinski definition) is 3. The first-order chi connectivity index (χ1) is 19.2. The highest BCUT2D eigenvalue weighted by molar-refractivity contribution is 6.30. The first kappa shape index (κ1) is 27.0. The monoisotopic (exact) mass is 563 g/mol. The number of carbonyl (C=O) groups is 2. The molecule has 0 aliphatic heterocycles. The van der Waals surface area contributed by atoms with Crippen molar-refractivity contribution in [3.63, 3.8) is 0 Å². The van der Waals surface area contributed by atoms with Gasteiger partial charge in [0.2, 0.25) is 0 Å². The number of halogens is 2. The highest BCUT2D eigenvalue weighted by Crippen LogP contribution is 2.25. The number of rotatable bonds is 9. The van der Waals surface area contributed by atoms with Crippen molar-refractivity contribution >= 4 is 46.0 Å². The quantitative estimate of drug-likeness (QED) is 0.244. The van der Waals surface area contributed by atoms with Crippen molar-refractivity contribution in [2.24, 2.45) is 7.05 Å². The van der Waals surface area contributed by atoms with Crippen LogP contribution in [0.2, 0.25) is 5.02 Å². The van der Waals surface area contributed by atoms with Crippen LogP contribution < -0.4 is 10.6 Å². The third-order valence-corrected chi connectivity index (χ3v) is 6.47. The van der Waals surface area contributed by atoms with Gasteiger partial charge in [-0.05, 0) is 57.4 Å². The molecule has 3 N–H and O–H groups in total. The second-order valence-corrected chi connectivity index (χ2v) is 10.0. The van der Waals surface area contributed by atoms with Crippen LogP contribution in [0.3, 0.4) is 0 Å². The Hall–Kier alpha value is -4.55. The van der Waals surface area contributed by atoms with Gasteiger partial charge in [0.1, 0.15) is 23.4 Å². The van der Waals surface area contributed by atoms with Gasteiger partial charge in [0.25, 0.3) is 11.8 Å².